The first kappa shape index (κ1) is 9.29. The van der Waals surface area contributed by atoms with E-state index in [-0.39, 0.29) is 12.4 Å². The lowest BCUT2D eigenvalue weighted by Gasteiger charge is -2.15. The molecular weight excluding hydrogens is 156 g/mol. The first-order chi connectivity index (χ1) is 5.79. The topological polar surface area (TPSA) is 38.7 Å². The molecule has 1 heterocycles. The second-order valence-electron chi connectivity index (χ2n) is 2.73. The van der Waals surface area contributed by atoms with Crippen LogP contribution in [0.2, 0.25) is 0 Å². The maximum absolute atomic E-state index is 8.93. The predicted octanol–water partition coefficient (Wildman–Crippen LogP) is 1.20. The van der Waals surface area contributed by atoms with Gasteiger partial charge in [0.1, 0.15) is 0 Å². The molecule has 1 aliphatic heterocycles. The van der Waals surface area contributed by atoms with Crippen LogP contribution < -0.4 is 0 Å². The van der Waals surface area contributed by atoms with Crippen LogP contribution in [0.3, 0.4) is 0 Å². The Hall–Kier alpha value is -0.800. The summed E-state index contributed by atoms with van der Waals surface area (Å²) in [5.41, 5.74) is 0. The number of hydrogen-bond acceptors (Lipinski definition) is 3. The maximum Gasteiger partial charge on any atom is 0.219 e. The van der Waals surface area contributed by atoms with Crippen molar-refractivity contribution in [3.8, 4) is 0 Å². The monoisotopic (exact) mass is 170 g/mol. The van der Waals surface area contributed by atoms with Crippen molar-refractivity contribution in [3.05, 3.63) is 24.5 Å². The summed E-state index contributed by atoms with van der Waals surface area (Å²) < 4.78 is 10.4. The Morgan fingerprint density at radius 3 is 3.00 bits per heavy atom. The second kappa shape index (κ2) is 4.95. The third-order valence-corrected chi connectivity index (χ3v) is 1.49. The van der Waals surface area contributed by atoms with E-state index < -0.39 is 0 Å². The summed E-state index contributed by atoms with van der Waals surface area (Å²) in [6.07, 6.45) is 7.12. The Labute approximate surface area is 72.3 Å². The van der Waals surface area contributed by atoms with E-state index in [9.17, 15) is 0 Å². The molecule has 1 unspecified atom stereocenters. The van der Waals surface area contributed by atoms with Gasteiger partial charge in [-0.25, -0.2) is 0 Å². The molecule has 0 saturated carbocycles. The number of aliphatic hydroxyl groups is 1. The van der Waals surface area contributed by atoms with Gasteiger partial charge >= 0.3 is 0 Å². The van der Waals surface area contributed by atoms with Gasteiger partial charge in [-0.3, -0.25) is 0 Å². The van der Waals surface area contributed by atoms with Gasteiger partial charge in [-0.2, -0.15) is 0 Å². The van der Waals surface area contributed by atoms with Gasteiger partial charge in [-0.05, 0) is 25.5 Å². The quantitative estimate of drug-likeness (QED) is 0.689. The van der Waals surface area contributed by atoms with E-state index in [1.807, 2.05) is 12.2 Å². The van der Waals surface area contributed by atoms with Crippen LogP contribution in [0.5, 0.6) is 0 Å². The van der Waals surface area contributed by atoms with Gasteiger partial charge in [-0.15, -0.1) is 0 Å². The molecule has 2 atom stereocenters. The normalized spacial score (nSPS) is 23.7. The molecular formula is C9H14O3. The fourth-order valence-corrected chi connectivity index (χ4v) is 0.818. The summed E-state index contributed by atoms with van der Waals surface area (Å²) >= 11 is 0. The first-order valence-electron chi connectivity index (χ1n) is 4.07. The molecule has 0 bridgehead atoms. The number of aliphatic hydroxyl groups excluding tert-OH is 1. The predicted molar refractivity (Wildman–Crippen MR) is 45.4 cm³/mol. The first-order valence-corrected chi connectivity index (χ1v) is 4.07. The van der Waals surface area contributed by atoms with Gasteiger partial charge in [-0.1, -0.05) is 6.08 Å². The zero-order chi connectivity index (χ0) is 8.81. The van der Waals surface area contributed by atoms with Gasteiger partial charge in [0.05, 0.1) is 19.0 Å². The SMILES string of the molecule is CC(O)CCO[C@@H]1C=CC=CO1. The van der Waals surface area contributed by atoms with E-state index in [2.05, 4.69) is 0 Å². The van der Waals surface area contributed by atoms with Crippen LogP contribution in [0.1, 0.15) is 13.3 Å². The molecule has 0 aliphatic carbocycles. The van der Waals surface area contributed by atoms with Crippen molar-refractivity contribution in [2.75, 3.05) is 6.61 Å². The van der Waals surface area contributed by atoms with Crippen molar-refractivity contribution in [1.29, 1.82) is 0 Å². The molecule has 68 valence electrons. The van der Waals surface area contributed by atoms with Gasteiger partial charge in [0, 0.05) is 0 Å². The van der Waals surface area contributed by atoms with Gasteiger partial charge < -0.3 is 14.6 Å². The van der Waals surface area contributed by atoms with Crippen LogP contribution in [0.15, 0.2) is 24.5 Å². The van der Waals surface area contributed by atoms with Gasteiger partial charge in [0.15, 0.2) is 0 Å². The smallest absolute Gasteiger partial charge is 0.219 e. The third-order valence-electron chi connectivity index (χ3n) is 1.49. The lowest BCUT2D eigenvalue weighted by molar-refractivity contribution is -0.0801. The Balaban J connectivity index is 2.07. The summed E-state index contributed by atoms with van der Waals surface area (Å²) in [6, 6.07) is 0. The summed E-state index contributed by atoms with van der Waals surface area (Å²) in [7, 11) is 0. The highest BCUT2D eigenvalue weighted by molar-refractivity contribution is 5.05. The maximum atomic E-state index is 8.93. The average Bonchev–Trinajstić information content (AvgIpc) is 2.05. The van der Waals surface area contributed by atoms with Crippen molar-refractivity contribution in [2.45, 2.75) is 25.7 Å². The summed E-state index contributed by atoms with van der Waals surface area (Å²) in [6.45, 7) is 2.25. The minimum Gasteiger partial charge on any atom is -0.469 e. The number of allylic oxidation sites excluding steroid dienone is 2. The van der Waals surface area contributed by atoms with Crippen LogP contribution in [0, 0.1) is 0 Å². The van der Waals surface area contributed by atoms with Crippen molar-refractivity contribution in [3.63, 3.8) is 0 Å². The van der Waals surface area contributed by atoms with Crippen molar-refractivity contribution < 1.29 is 14.6 Å². The summed E-state index contributed by atoms with van der Waals surface area (Å²) in [5, 5.41) is 8.93. The zero-order valence-corrected chi connectivity index (χ0v) is 7.14. The molecule has 0 aromatic heterocycles. The average molecular weight is 170 g/mol. The largest absolute Gasteiger partial charge is 0.469 e. The fraction of sp³-hybridized carbons (Fsp3) is 0.556. The molecule has 0 saturated heterocycles. The van der Waals surface area contributed by atoms with E-state index in [0.29, 0.717) is 13.0 Å². The van der Waals surface area contributed by atoms with Gasteiger partial charge in [0.25, 0.3) is 0 Å². The van der Waals surface area contributed by atoms with Gasteiger partial charge in [0.2, 0.25) is 6.29 Å². The summed E-state index contributed by atoms with van der Waals surface area (Å²) in [5.74, 6) is 0. The van der Waals surface area contributed by atoms with Crippen LogP contribution in [-0.4, -0.2) is 24.1 Å². The molecule has 0 aromatic rings. The highest BCUT2D eigenvalue weighted by Crippen LogP contribution is 2.04. The van der Waals surface area contributed by atoms with E-state index in [1.54, 1.807) is 19.3 Å². The van der Waals surface area contributed by atoms with Crippen molar-refractivity contribution in [1.82, 2.24) is 0 Å². The number of rotatable bonds is 4. The molecule has 12 heavy (non-hydrogen) atoms. The van der Waals surface area contributed by atoms with E-state index in [0.717, 1.165) is 0 Å². The van der Waals surface area contributed by atoms with Crippen LogP contribution in [-0.2, 0) is 9.47 Å². The lowest BCUT2D eigenvalue weighted by atomic mass is 10.3. The molecule has 0 amide bonds. The van der Waals surface area contributed by atoms with E-state index in [4.69, 9.17) is 14.6 Å². The van der Waals surface area contributed by atoms with E-state index >= 15 is 0 Å². The highest BCUT2D eigenvalue weighted by Gasteiger charge is 2.05. The Morgan fingerprint density at radius 1 is 1.58 bits per heavy atom. The Kier molecular flexibility index (Phi) is 3.84. The van der Waals surface area contributed by atoms with Crippen molar-refractivity contribution >= 4 is 0 Å². The Bertz CT molecular complexity index is 173. The highest BCUT2D eigenvalue weighted by atomic mass is 16.7. The van der Waals surface area contributed by atoms with Crippen LogP contribution >= 0.6 is 0 Å². The molecule has 3 nitrogen and oxygen atoms in total. The van der Waals surface area contributed by atoms with Crippen LogP contribution in [0.25, 0.3) is 0 Å². The number of hydrogen-bond donors (Lipinski definition) is 1. The zero-order valence-electron chi connectivity index (χ0n) is 7.14. The number of ether oxygens (including phenoxy) is 2. The molecule has 0 aromatic carbocycles. The molecule has 0 spiro atoms. The molecule has 3 heteroatoms. The summed E-state index contributed by atoms with van der Waals surface area (Å²) in [4.78, 5) is 0. The van der Waals surface area contributed by atoms with E-state index in [1.165, 1.54) is 0 Å². The third kappa shape index (κ3) is 3.55. The standard InChI is InChI=1S/C9H14O3/c1-8(10)5-7-12-9-4-2-3-6-11-9/h2-4,6,8-10H,5,7H2,1H3/t8?,9-/m1/s1. The fourth-order valence-electron chi connectivity index (χ4n) is 0.818. The van der Waals surface area contributed by atoms with Crippen LogP contribution in [0.4, 0.5) is 0 Å². The molecule has 1 aliphatic rings. The Morgan fingerprint density at radius 2 is 2.42 bits per heavy atom. The lowest BCUT2D eigenvalue weighted by Crippen LogP contribution is -2.16. The molecule has 0 fully saturated rings. The molecule has 0 radical (unpaired) electrons. The second-order valence-corrected chi connectivity index (χ2v) is 2.73. The molecule has 1 N–H and O–H groups in total. The minimum absolute atomic E-state index is 0.284. The molecule has 1 rings (SSSR count). The minimum atomic E-state index is -0.312. The van der Waals surface area contributed by atoms with Crippen molar-refractivity contribution in [2.24, 2.45) is 0 Å².